The van der Waals surface area contributed by atoms with Crippen LogP contribution in [0.3, 0.4) is 0 Å². The molecule has 1 aromatic rings. The van der Waals surface area contributed by atoms with E-state index in [0.29, 0.717) is 0 Å². The van der Waals surface area contributed by atoms with E-state index in [2.05, 4.69) is 0 Å². The number of rotatable bonds is 1. The Morgan fingerprint density at radius 3 is 2.33 bits per heavy atom. The van der Waals surface area contributed by atoms with Gasteiger partial charge in [-0.25, -0.2) is 0 Å². The summed E-state index contributed by atoms with van der Waals surface area (Å²) in [6.45, 7) is 3.49. The van der Waals surface area contributed by atoms with Crippen LogP contribution in [0.4, 0.5) is 13.2 Å². The van der Waals surface area contributed by atoms with E-state index in [1.807, 2.05) is 0 Å². The second kappa shape index (κ2) is 4.27. The van der Waals surface area contributed by atoms with E-state index in [1.165, 1.54) is 18.2 Å². The Kier molecular flexibility index (Phi) is 3.45. The predicted molar refractivity (Wildman–Crippen MR) is 55.8 cm³/mol. The molecule has 82 valence electrons. The maximum Gasteiger partial charge on any atom is 0.417 e. The van der Waals surface area contributed by atoms with Gasteiger partial charge in [0.05, 0.1) is 5.56 Å². The lowest BCUT2D eigenvalue weighted by Crippen LogP contribution is -2.07. The molecular formula is C11H10ClF3. The Morgan fingerprint density at radius 2 is 1.87 bits per heavy atom. The average Bonchev–Trinajstić information content (AvgIpc) is 2.05. The predicted octanol–water partition coefficient (Wildman–Crippen LogP) is 4.78. The fraction of sp³-hybridized carbons (Fsp3) is 0.273. The molecule has 1 aromatic carbocycles. The first kappa shape index (κ1) is 12.1. The van der Waals surface area contributed by atoms with Crippen molar-refractivity contribution in [1.82, 2.24) is 0 Å². The van der Waals surface area contributed by atoms with Crippen molar-refractivity contribution >= 4 is 17.7 Å². The lowest BCUT2D eigenvalue weighted by atomic mass is 10.1. The summed E-state index contributed by atoms with van der Waals surface area (Å²) < 4.78 is 37.8. The first-order chi connectivity index (χ1) is 6.80. The molecule has 0 bridgehead atoms. The zero-order valence-corrected chi connectivity index (χ0v) is 9.08. The van der Waals surface area contributed by atoms with Crippen molar-refractivity contribution in [3.05, 3.63) is 39.9 Å². The summed E-state index contributed by atoms with van der Waals surface area (Å²) in [6, 6.07) is 3.76. The number of hydrogen-bond donors (Lipinski definition) is 0. The maximum atomic E-state index is 12.6. The van der Waals surface area contributed by atoms with Gasteiger partial charge in [-0.05, 0) is 31.5 Å². The van der Waals surface area contributed by atoms with Gasteiger partial charge in [0, 0.05) is 5.02 Å². The van der Waals surface area contributed by atoms with Crippen LogP contribution in [-0.2, 0) is 6.18 Å². The van der Waals surface area contributed by atoms with Gasteiger partial charge in [0.15, 0.2) is 0 Å². The quantitative estimate of drug-likeness (QED) is 0.656. The summed E-state index contributed by atoms with van der Waals surface area (Å²) in [4.78, 5) is 0. The molecule has 0 aliphatic carbocycles. The van der Waals surface area contributed by atoms with E-state index < -0.39 is 11.7 Å². The Labute approximate surface area is 91.4 Å². The highest BCUT2D eigenvalue weighted by molar-refractivity contribution is 6.30. The highest BCUT2D eigenvalue weighted by Gasteiger charge is 2.32. The highest BCUT2D eigenvalue weighted by atomic mass is 35.5. The van der Waals surface area contributed by atoms with Crippen molar-refractivity contribution in [3.8, 4) is 0 Å². The van der Waals surface area contributed by atoms with Crippen LogP contribution in [0, 0.1) is 0 Å². The Morgan fingerprint density at radius 1 is 1.27 bits per heavy atom. The van der Waals surface area contributed by atoms with Gasteiger partial charge >= 0.3 is 6.18 Å². The third-order valence-electron chi connectivity index (χ3n) is 1.76. The molecule has 0 heterocycles. The van der Waals surface area contributed by atoms with Crippen LogP contribution >= 0.6 is 11.6 Å². The zero-order chi connectivity index (χ0) is 11.6. The first-order valence-electron chi connectivity index (χ1n) is 4.32. The molecule has 0 aromatic heterocycles. The third kappa shape index (κ3) is 3.27. The molecule has 15 heavy (non-hydrogen) atoms. The van der Waals surface area contributed by atoms with Gasteiger partial charge in [-0.2, -0.15) is 13.2 Å². The number of alkyl halides is 3. The number of halogens is 4. The zero-order valence-electron chi connectivity index (χ0n) is 8.32. The summed E-state index contributed by atoms with van der Waals surface area (Å²) in [5.41, 5.74) is 0.255. The van der Waals surface area contributed by atoms with Crippen LogP contribution in [0.5, 0.6) is 0 Å². The molecule has 0 nitrogen and oxygen atoms in total. The molecule has 1 rings (SSSR count). The summed E-state index contributed by atoms with van der Waals surface area (Å²) >= 11 is 5.54. The minimum Gasteiger partial charge on any atom is -0.166 e. The minimum atomic E-state index is -4.37. The maximum absolute atomic E-state index is 12.6. The highest BCUT2D eigenvalue weighted by Crippen LogP contribution is 2.34. The lowest BCUT2D eigenvalue weighted by molar-refractivity contribution is -0.137. The van der Waals surface area contributed by atoms with Crippen LogP contribution in [0.25, 0.3) is 6.08 Å². The summed E-state index contributed by atoms with van der Waals surface area (Å²) in [5, 5.41) is 0.0910. The Balaban J connectivity index is 3.34. The third-order valence-corrected chi connectivity index (χ3v) is 2.00. The SMILES string of the molecule is CC(C)=Cc1ccc(Cl)cc1C(F)(F)F. The molecule has 0 radical (unpaired) electrons. The van der Waals surface area contributed by atoms with Crippen molar-refractivity contribution in [2.45, 2.75) is 20.0 Å². The van der Waals surface area contributed by atoms with Crippen LogP contribution in [0.15, 0.2) is 23.8 Å². The van der Waals surface area contributed by atoms with Crippen molar-refractivity contribution in [1.29, 1.82) is 0 Å². The van der Waals surface area contributed by atoms with Gasteiger partial charge in [-0.1, -0.05) is 29.3 Å². The lowest BCUT2D eigenvalue weighted by Gasteiger charge is -2.10. The summed E-state index contributed by atoms with van der Waals surface area (Å²) in [7, 11) is 0. The number of benzene rings is 1. The van der Waals surface area contributed by atoms with Gasteiger partial charge in [-0.3, -0.25) is 0 Å². The fourth-order valence-electron chi connectivity index (χ4n) is 1.21. The van der Waals surface area contributed by atoms with Crippen molar-refractivity contribution in [2.24, 2.45) is 0 Å². The van der Waals surface area contributed by atoms with E-state index in [4.69, 9.17) is 11.6 Å². The molecule has 0 aliphatic heterocycles. The van der Waals surface area contributed by atoms with Crippen molar-refractivity contribution in [3.63, 3.8) is 0 Å². The Bertz CT molecular complexity index is 387. The molecule has 0 saturated carbocycles. The monoisotopic (exact) mass is 234 g/mol. The van der Waals surface area contributed by atoms with E-state index in [-0.39, 0.29) is 10.6 Å². The van der Waals surface area contributed by atoms with E-state index >= 15 is 0 Å². The van der Waals surface area contributed by atoms with Gasteiger partial charge in [0.25, 0.3) is 0 Å². The minimum absolute atomic E-state index is 0.0910. The molecule has 0 N–H and O–H groups in total. The standard InChI is InChI=1S/C11H10ClF3/c1-7(2)5-8-3-4-9(12)6-10(8)11(13,14)15/h3-6H,1-2H3. The first-order valence-corrected chi connectivity index (χ1v) is 4.70. The number of allylic oxidation sites excluding steroid dienone is 1. The molecule has 0 fully saturated rings. The van der Waals surface area contributed by atoms with Crippen molar-refractivity contribution < 1.29 is 13.2 Å². The smallest absolute Gasteiger partial charge is 0.166 e. The van der Waals surface area contributed by atoms with Crippen LogP contribution < -0.4 is 0 Å². The fourth-order valence-corrected chi connectivity index (χ4v) is 1.38. The molecular weight excluding hydrogens is 225 g/mol. The van der Waals surface area contributed by atoms with E-state index in [9.17, 15) is 13.2 Å². The van der Waals surface area contributed by atoms with Crippen LogP contribution in [-0.4, -0.2) is 0 Å². The molecule has 0 amide bonds. The van der Waals surface area contributed by atoms with Gasteiger partial charge in [0.1, 0.15) is 0 Å². The molecule has 4 heteroatoms. The molecule has 0 saturated heterocycles. The normalized spacial score (nSPS) is 11.3. The van der Waals surface area contributed by atoms with Crippen molar-refractivity contribution in [2.75, 3.05) is 0 Å². The van der Waals surface area contributed by atoms with Gasteiger partial charge in [0.2, 0.25) is 0 Å². The van der Waals surface area contributed by atoms with Crippen LogP contribution in [0.2, 0.25) is 5.02 Å². The molecule has 0 atom stereocenters. The summed E-state index contributed by atoms with van der Waals surface area (Å²) in [5.74, 6) is 0. The topological polar surface area (TPSA) is 0 Å². The van der Waals surface area contributed by atoms with Gasteiger partial charge in [-0.15, -0.1) is 0 Å². The Hall–Kier alpha value is -0.960. The second-order valence-electron chi connectivity index (χ2n) is 3.45. The number of hydrogen-bond acceptors (Lipinski definition) is 0. The second-order valence-corrected chi connectivity index (χ2v) is 3.89. The molecule has 0 unspecified atom stereocenters. The van der Waals surface area contributed by atoms with Gasteiger partial charge < -0.3 is 0 Å². The molecule has 0 aliphatic rings. The average molecular weight is 235 g/mol. The largest absolute Gasteiger partial charge is 0.417 e. The van der Waals surface area contributed by atoms with E-state index in [0.717, 1.165) is 11.6 Å². The summed E-state index contributed by atoms with van der Waals surface area (Å²) in [6.07, 6.45) is -2.88. The van der Waals surface area contributed by atoms with Crippen LogP contribution in [0.1, 0.15) is 25.0 Å². The molecule has 0 spiro atoms. The van der Waals surface area contributed by atoms with E-state index in [1.54, 1.807) is 13.8 Å².